The van der Waals surface area contributed by atoms with Crippen LogP contribution in [0.1, 0.15) is 36.9 Å². The van der Waals surface area contributed by atoms with Gasteiger partial charge in [-0.25, -0.2) is 0 Å². The number of nitrogens with one attached hydrogen (secondary N) is 1. The first-order valence-corrected chi connectivity index (χ1v) is 10.3. The molecule has 4 nitrogen and oxygen atoms in total. The summed E-state index contributed by atoms with van der Waals surface area (Å²) in [4.78, 5) is 7.91. The van der Waals surface area contributed by atoms with Crippen LogP contribution in [-0.2, 0) is 0 Å². The molecule has 0 bridgehead atoms. The minimum Gasteiger partial charge on any atom is -0.452 e. The van der Waals surface area contributed by atoms with Gasteiger partial charge in [0.05, 0.1) is 11.7 Å². The van der Waals surface area contributed by atoms with E-state index in [1.54, 1.807) is 11.8 Å². The van der Waals surface area contributed by atoms with Gasteiger partial charge in [-0.05, 0) is 55.0 Å². The van der Waals surface area contributed by atoms with Gasteiger partial charge in [0.15, 0.2) is 10.2 Å². The van der Waals surface area contributed by atoms with Crippen molar-refractivity contribution in [3.63, 3.8) is 0 Å². The molecule has 138 valence electrons. The van der Waals surface area contributed by atoms with Crippen molar-refractivity contribution in [1.82, 2.24) is 15.2 Å². The average molecular weight is 396 g/mol. The average Bonchev–Trinajstić information content (AvgIpc) is 3.28. The zero-order valence-corrected chi connectivity index (χ0v) is 16.7. The molecule has 27 heavy (non-hydrogen) atoms. The van der Waals surface area contributed by atoms with Gasteiger partial charge in [0.25, 0.3) is 0 Å². The largest absolute Gasteiger partial charge is 0.452 e. The van der Waals surface area contributed by atoms with E-state index in [4.69, 9.17) is 16.6 Å². The number of benzene rings is 1. The van der Waals surface area contributed by atoms with Gasteiger partial charge in [-0.1, -0.05) is 43.0 Å². The first-order valence-electron chi connectivity index (χ1n) is 9.07. The highest BCUT2D eigenvalue weighted by Crippen LogP contribution is 2.41. The quantitative estimate of drug-likeness (QED) is 0.578. The summed E-state index contributed by atoms with van der Waals surface area (Å²) in [7, 11) is 0. The van der Waals surface area contributed by atoms with E-state index in [2.05, 4.69) is 40.3 Å². The number of pyridine rings is 1. The number of furan rings is 1. The maximum absolute atomic E-state index is 6.24. The van der Waals surface area contributed by atoms with Crippen molar-refractivity contribution >= 4 is 29.1 Å². The maximum atomic E-state index is 6.24. The lowest BCUT2D eigenvalue weighted by Gasteiger charge is -2.25. The molecule has 2 atom stereocenters. The second-order valence-electron chi connectivity index (χ2n) is 6.39. The Hall–Kier alpha value is -2.31. The summed E-state index contributed by atoms with van der Waals surface area (Å²) in [5, 5.41) is 5.08. The summed E-state index contributed by atoms with van der Waals surface area (Å²) in [6.45, 7) is 3.04. The standard InChI is InChI=1S/C21H21N3OS2/c1-2-14-24-20(19(23-21(24)26)16-10-6-7-13-22-16)17-11-12-18(25-17)27-15-8-4-3-5-9-15/h3-13,19-20H,2,14H2,1H3,(H,23,26)/t19-,20-/m0/s1. The Bertz CT molecular complexity index is 898. The van der Waals surface area contributed by atoms with Gasteiger partial charge in [-0.2, -0.15) is 0 Å². The van der Waals surface area contributed by atoms with Crippen LogP contribution in [-0.4, -0.2) is 21.5 Å². The van der Waals surface area contributed by atoms with Crippen LogP contribution in [0.4, 0.5) is 0 Å². The first-order chi connectivity index (χ1) is 13.3. The molecule has 1 aliphatic rings. The van der Waals surface area contributed by atoms with E-state index in [0.717, 1.165) is 39.5 Å². The van der Waals surface area contributed by atoms with Crippen LogP contribution >= 0.6 is 24.0 Å². The Labute approximate surface area is 169 Å². The minimum atomic E-state index is -0.0222. The van der Waals surface area contributed by atoms with E-state index < -0.39 is 0 Å². The van der Waals surface area contributed by atoms with Crippen LogP contribution in [0.25, 0.3) is 0 Å². The van der Waals surface area contributed by atoms with Crippen LogP contribution in [0.3, 0.4) is 0 Å². The van der Waals surface area contributed by atoms with Crippen LogP contribution < -0.4 is 5.32 Å². The van der Waals surface area contributed by atoms with E-state index in [0.29, 0.717) is 0 Å². The van der Waals surface area contributed by atoms with Gasteiger partial charge < -0.3 is 14.6 Å². The smallest absolute Gasteiger partial charge is 0.170 e. The lowest BCUT2D eigenvalue weighted by atomic mass is 10.0. The topological polar surface area (TPSA) is 41.3 Å². The fraction of sp³-hybridized carbons (Fsp3) is 0.238. The van der Waals surface area contributed by atoms with Crippen molar-refractivity contribution in [3.8, 4) is 0 Å². The molecule has 1 saturated heterocycles. The maximum Gasteiger partial charge on any atom is 0.170 e. The zero-order chi connectivity index (χ0) is 18.6. The lowest BCUT2D eigenvalue weighted by Crippen LogP contribution is -2.30. The fourth-order valence-corrected chi connectivity index (χ4v) is 4.48. The third-order valence-electron chi connectivity index (χ3n) is 4.52. The second-order valence-corrected chi connectivity index (χ2v) is 7.86. The predicted molar refractivity (Wildman–Crippen MR) is 112 cm³/mol. The first kappa shape index (κ1) is 18.1. The van der Waals surface area contributed by atoms with E-state index in [-0.39, 0.29) is 12.1 Å². The van der Waals surface area contributed by atoms with Crippen molar-refractivity contribution in [2.75, 3.05) is 6.54 Å². The molecule has 1 N–H and O–H groups in total. The lowest BCUT2D eigenvalue weighted by molar-refractivity contribution is 0.260. The molecule has 0 spiro atoms. The van der Waals surface area contributed by atoms with Crippen molar-refractivity contribution in [2.45, 2.75) is 35.4 Å². The van der Waals surface area contributed by atoms with Crippen molar-refractivity contribution < 1.29 is 4.42 Å². The minimum absolute atomic E-state index is 0.00234. The summed E-state index contributed by atoms with van der Waals surface area (Å²) >= 11 is 7.24. The normalized spacial score (nSPS) is 19.3. The highest BCUT2D eigenvalue weighted by molar-refractivity contribution is 7.99. The highest BCUT2D eigenvalue weighted by atomic mass is 32.2. The summed E-state index contributed by atoms with van der Waals surface area (Å²) in [5.41, 5.74) is 0.970. The number of nitrogens with zero attached hydrogens (tertiary/aromatic N) is 2. The van der Waals surface area contributed by atoms with Crippen LogP contribution in [0, 0.1) is 0 Å². The Morgan fingerprint density at radius 3 is 2.67 bits per heavy atom. The number of thiocarbonyl (C=S) groups is 1. The molecular weight excluding hydrogens is 374 g/mol. The molecule has 2 aromatic heterocycles. The molecule has 0 aliphatic carbocycles. The Morgan fingerprint density at radius 2 is 1.93 bits per heavy atom. The van der Waals surface area contributed by atoms with Crippen LogP contribution in [0.5, 0.6) is 0 Å². The van der Waals surface area contributed by atoms with Crippen LogP contribution in [0.15, 0.2) is 81.3 Å². The summed E-state index contributed by atoms with van der Waals surface area (Å²) < 4.78 is 6.24. The van der Waals surface area contributed by atoms with E-state index in [1.807, 2.05) is 48.7 Å². The van der Waals surface area contributed by atoms with Gasteiger partial charge >= 0.3 is 0 Å². The SMILES string of the molecule is CCCN1C(=S)N[C@@H](c2ccccn2)[C@@H]1c1ccc(Sc2ccccc2)o1. The van der Waals surface area contributed by atoms with E-state index >= 15 is 0 Å². The molecular formula is C21H21N3OS2. The van der Waals surface area contributed by atoms with Crippen molar-refractivity contribution in [3.05, 3.63) is 78.3 Å². The summed E-state index contributed by atoms with van der Waals surface area (Å²) in [6.07, 6.45) is 2.83. The fourth-order valence-electron chi connectivity index (χ4n) is 3.35. The highest BCUT2D eigenvalue weighted by Gasteiger charge is 2.41. The molecule has 3 aromatic rings. The Kier molecular flexibility index (Phi) is 5.45. The molecule has 0 radical (unpaired) electrons. The monoisotopic (exact) mass is 395 g/mol. The van der Waals surface area contributed by atoms with E-state index in [9.17, 15) is 0 Å². The van der Waals surface area contributed by atoms with Gasteiger partial charge in [-0.15, -0.1) is 0 Å². The molecule has 0 amide bonds. The van der Waals surface area contributed by atoms with Crippen molar-refractivity contribution in [2.24, 2.45) is 0 Å². The van der Waals surface area contributed by atoms with E-state index in [1.165, 1.54) is 0 Å². The third-order valence-corrected chi connectivity index (χ3v) is 5.80. The predicted octanol–water partition coefficient (Wildman–Crippen LogP) is 5.21. The second kappa shape index (κ2) is 8.15. The zero-order valence-electron chi connectivity index (χ0n) is 15.0. The van der Waals surface area contributed by atoms with Gasteiger partial charge in [0.1, 0.15) is 11.8 Å². The van der Waals surface area contributed by atoms with Gasteiger partial charge in [0, 0.05) is 17.6 Å². The van der Waals surface area contributed by atoms with Crippen LogP contribution in [0.2, 0.25) is 0 Å². The Morgan fingerprint density at radius 1 is 1.11 bits per heavy atom. The summed E-state index contributed by atoms with van der Waals surface area (Å²) in [6, 6.07) is 20.3. The number of hydrogen-bond acceptors (Lipinski definition) is 4. The Balaban J connectivity index is 1.64. The number of hydrogen-bond donors (Lipinski definition) is 1. The molecule has 1 aromatic carbocycles. The molecule has 1 aliphatic heterocycles. The summed E-state index contributed by atoms with van der Waals surface area (Å²) in [5.74, 6) is 0.907. The molecule has 4 rings (SSSR count). The molecule has 1 fully saturated rings. The molecule has 3 heterocycles. The molecule has 0 saturated carbocycles. The van der Waals surface area contributed by atoms with Gasteiger partial charge in [0.2, 0.25) is 0 Å². The number of rotatable bonds is 6. The number of aromatic nitrogens is 1. The van der Waals surface area contributed by atoms with Crippen molar-refractivity contribution in [1.29, 1.82) is 0 Å². The van der Waals surface area contributed by atoms with Gasteiger partial charge in [-0.3, -0.25) is 4.98 Å². The molecule has 6 heteroatoms. The third kappa shape index (κ3) is 3.87. The molecule has 0 unspecified atom stereocenters.